The van der Waals surface area contributed by atoms with Gasteiger partial charge < -0.3 is 10.2 Å². The van der Waals surface area contributed by atoms with E-state index in [9.17, 15) is 15.0 Å². The summed E-state index contributed by atoms with van der Waals surface area (Å²) in [6.07, 6.45) is 8.57. The highest BCUT2D eigenvalue weighted by Crippen LogP contribution is 2.39. The minimum absolute atomic E-state index is 0.0576. The summed E-state index contributed by atoms with van der Waals surface area (Å²) in [4.78, 5) is 11.9. The van der Waals surface area contributed by atoms with Crippen LogP contribution in [0.2, 0.25) is 0 Å². The zero-order valence-electron chi connectivity index (χ0n) is 13.6. The highest BCUT2D eigenvalue weighted by atomic mass is 16.3. The number of ketones is 1. The van der Waals surface area contributed by atoms with Crippen molar-refractivity contribution < 1.29 is 15.0 Å². The first-order chi connectivity index (χ1) is 9.80. The van der Waals surface area contributed by atoms with Gasteiger partial charge in [0.25, 0.3) is 0 Å². The van der Waals surface area contributed by atoms with E-state index in [1.165, 1.54) is 0 Å². The Morgan fingerprint density at radius 2 is 2.14 bits per heavy atom. The Kier molecular flexibility index (Phi) is 6.56. The maximum absolute atomic E-state index is 11.9. The Bertz CT molecular complexity index is 469. The number of aliphatic hydroxyl groups excluding tert-OH is 2. The molecule has 0 aliphatic heterocycles. The van der Waals surface area contributed by atoms with Crippen LogP contribution >= 0.6 is 0 Å². The average molecular weight is 292 g/mol. The zero-order chi connectivity index (χ0) is 16.0. The number of aliphatic hydroxyl groups is 2. The third-order valence-corrected chi connectivity index (χ3v) is 4.29. The maximum atomic E-state index is 11.9. The van der Waals surface area contributed by atoms with Gasteiger partial charge in [0.05, 0.1) is 12.7 Å². The minimum Gasteiger partial charge on any atom is -0.395 e. The molecule has 0 saturated carbocycles. The summed E-state index contributed by atoms with van der Waals surface area (Å²) in [7, 11) is 0. The van der Waals surface area contributed by atoms with Gasteiger partial charge in [-0.15, -0.1) is 0 Å². The topological polar surface area (TPSA) is 57.5 Å². The third kappa shape index (κ3) is 4.94. The predicted molar refractivity (Wildman–Crippen MR) is 85.9 cm³/mol. The number of hydrogen-bond acceptors (Lipinski definition) is 3. The van der Waals surface area contributed by atoms with Gasteiger partial charge in [0.15, 0.2) is 5.78 Å². The van der Waals surface area contributed by atoms with Crippen molar-refractivity contribution in [1.82, 2.24) is 0 Å². The zero-order valence-corrected chi connectivity index (χ0v) is 13.6. The van der Waals surface area contributed by atoms with Gasteiger partial charge in [-0.2, -0.15) is 0 Å². The second-order valence-corrected chi connectivity index (χ2v) is 6.39. The molecule has 0 spiro atoms. The third-order valence-electron chi connectivity index (χ3n) is 4.29. The largest absolute Gasteiger partial charge is 0.395 e. The Labute approximate surface area is 128 Å². The smallest absolute Gasteiger partial charge is 0.158 e. The molecule has 0 aromatic carbocycles. The molecule has 0 unspecified atom stereocenters. The van der Waals surface area contributed by atoms with Gasteiger partial charge in [-0.05, 0) is 51.2 Å². The first-order valence-corrected chi connectivity index (χ1v) is 7.68. The first-order valence-electron chi connectivity index (χ1n) is 7.68. The lowest BCUT2D eigenvalue weighted by Gasteiger charge is -2.34. The quantitative estimate of drug-likeness (QED) is 0.738. The molecule has 0 fully saturated rings. The van der Waals surface area contributed by atoms with Crippen LogP contribution in [-0.4, -0.2) is 28.7 Å². The van der Waals surface area contributed by atoms with Crippen molar-refractivity contribution in [1.29, 1.82) is 0 Å². The predicted octanol–water partition coefficient (Wildman–Crippen LogP) is 3.33. The molecule has 0 saturated heterocycles. The van der Waals surface area contributed by atoms with Crippen LogP contribution in [0.15, 0.2) is 34.9 Å². The lowest BCUT2D eigenvalue weighted by atomic mass is 9.71. The van der Waals surface area contributed by atoms with E-state index in [4.69, 9.17) is 0 Å². The molecule has 21 heavy (non-hydrogen) atoms. The van der Waals surface area contributed by atoms with Crippen molar-refractivity contribution in [2.24, 2.45) is 5.41 Å². The van der Waals surface area contributed by atoms with E-state index in [1.807, 2.05) is 32.9 Å². The van der Waals surface area contributed by atoms with Gasteiger partial charge in [0.2, 0.25) is 0 Å². The van der Waals surface area contributed by atoms with E-state index >= 15 is 0 Å². The fourth-order valence-electron chi connectivity index (χ4n) is 2.64. The molecule has 0 heterocycles. The van der Waals surface area contributed by atoms with Crippen molar-refractivity contribution in [3.05, 3.63) is 34.9 Å². The standard InChI is InChI=1S/C18H28O3/c1-13(6-5-7-14(2)20)8-9-16-15(3)17(21)10-11-18(16,4)12-19/h6,8-9,14,19-20H,5,7,10-12H2,1-4H3/b9-8+,13-6-/t14-,18+/m0/s1. The summed E-state index contributed by atoms with van der Waals surface area (Å²) in [6, 6.07) is 0. The Hall–Kier alpha value is -1.19. The number of carbonyl (C=O) groups is 1. The molecule has 0 bridgehead atoms. The lowest BCUT2D eigenvalue weighted by Crippen LogP contribution is -2.30. The molecule has 1 aliphatic carbocycles. The van der Waals surface area contributed by atoms with Gasteiger partial charge in [-0.25, -0.2) is 0 Å². The molecule has 2 atom stereocenters. The van der Waals surface area contributed by atoms with Crippen LogP contribution in [0, 0.1) is 5.41 Å². The molecule has 0 radical (unpaired) electrons. The molecule has 1 rings (SSSR count). The second-order valence-electron chi connectivity index (χ2n) is 6.39. The van der Waals surface area contributed by atoms with Gasteiger partial charge in [-0.3, -0.25) is 4.79 Å². The van der Waals surface area contributed by atoms with Gasteiger partial charge in [0, 0.05) is 11.8 Å². The Morgan fingerprint density at radius 1 is 1.48 bits per heavy atom. The second kappa shape index (κ2) is 7.71. The fraction of sp³-hybridized carbons (Fsp3) is 0.611. The number of Topliss-reactive ketones (excluding diaryl/α,β-unsaturated/α-hetero) is 1. The number of rotatable bonds is 6. The van der Waals surface area contributed by atoms with Crippen LogP contribution in [0.1, 0.15) is 53.4 Å². The molecule has 0 amide bonds. The number of allylic oxidation sites excluding steroid dienone is 5. The first kappa shape index (κ1) is 17.9. The molecular weight excluding hydrogens is 264 g/mol. The highest BCUT2D eigenvalue weighted by Gasteiger charge is 2.34. The average Bonchev–Trinajstić information content (AvgIpc) is 2.43. The van der Waals surface area contributed by atoms with Crippen LogP contribution < -0.4 is 0 Å². The van der Waals surface area contributed by atoms with E-state index in [-0.39, 0.29) is 23.9 Å². The Balaban J connectivity index is 2.89. The summed E-state index contributed by atoms with van der Waals surface area (Å²) in [5.74, 6) is 0.177. The molecule has 118 valence electrons. The minimum atomic E-state index is -0.325. The lowest BCUT2D eigenvalue weighted by molar-refractivity contribution is -0.116. The van der Waals surface area contributed by atoms with Crippen molar-refractivity contribution >= 4 is 5.78 Å². The summed E-state index contributed by atoms with van der Waals surface area (Å²) in [5.41, 5.74) is 2.50. The summed E-state index contributed by atoms with van der Waals surface area (Å²) < 4.78 is 0. The van der Waals surface area contributed by atoms with Crippen molar-refractivity contribution in [3.8, 4) is 0 Å². The normalized spacial score (nSPS) is 25.8. The molecule has 0 aromatic heterocycles. The molecule has 2 N–H and O–H groups in total. The molecule has 3 heteroatoms. The van der Waals surface area contributed by atoms with Crippen LogP contribution in [0.4, 0.5) is 0 Å². The van der Waals surface area contributed by atoms with Gasteiger partial charge in [-0.1, -0.05) is 30.7 Å². The molecule has 0 aromatic rings. The molecule has 3 nitrogen and oxygen atoms in total. The monoisotopic (exact) mass is 292 g/mol. The number of hydrogen-bond donors (Lipinski definition) is 2. The van der Waals surface area contributed by atoms with E-state index in [0.717, 1.165) is 29.6 Å². The molecular formula is C18H28O3. The molecule has 1 aliphatic rings. The Morgan fingerprint density at radius 3 is 2.71 bits per heavy atom. The summed E-state index contributed by atoms with van der Waals surface area (Å²) in [6.45, 7) is 7.71. The van der Waals surface area contributed by atoms with E-state index in [2.05, 4.69) is 6.08 Å². The van der Waals surface area contributed by atoms with Gasteiger partial charge in [0.1, 0.15) is 0 Å². The van der Waals surface area contributed by atoms with Crippen LogP contribution in [0.25, 0.3) is 0 Å². The van der Waals surface area contributed by atoms with Crippen molar-refractivity contribution in [2.75, 3.05) is 6.61 Å². The van der Waals surface area contributed by atoms with Crippen molar-refractivity contribution in [2.45, 2.75) is 59.5 Å². The maximum Gasteiger partial charge on any atom is 0.158 e. The van der Waals surface area contributed by atoms with E-state index < -0.39 is 0 Å². The van der Waals surface area contributed by atoms with Crippen LogP contribution in [0.5, 0.6) is 0 Å². The van der Waals surface area contributed by atoms with Crippen LogP contribution in [0.3, 0.4) is 0 Å². The fourth-order valence-corrected chi connectivity index (χ4v) is 2.64. The van der Waals surface area contributed by atoms with E-state index in [0.29, 0.717) is 12.8 Å². The van der Waals surface area contributed by atoms with E-state index in [1.54, 1.807) is 6.92 Å². The number of carbonyl (C=O) groups excluding carboxylic acids is 1. The SMILES string of the molecule is CC1=C(/C=C/C(C)=C\CC[C@H](C)O)[C@@](C)(CO)CCC1=O. The van der Waals surface area contributed by atoms with Crippen LogP contribution in [-0.2, 0) is 4.79 Å². The van der Waals surface area contributed by atoms with Crippen molar-refractivity contribution in [3.63, 3.8) is 0 Å². The van der Waals surface area contributed by atoms with Gasteiger partial charge >= 0.3 is 0 Å². The summed E-state index contributed by atoms with van der Waals surface area (Å²) >= 11 is 0. The highest BCUT2D eigenvalue weighted by molar-refractivity contribution is 5.97. The summed E-state index contributed by atoms with van der Waals surface area (Å²) in [5, 5.41) is 18.9.